The smallest absolute Gasteiger partial charge is 0.310 e. The van der Waals surface area contributed by atoms with Gasteiger partial charge in [-0.3, -0.25) is 9.59 Å². The van der Waals surface area contributed by atoms with Gasteiger partial charge in [0.05, 0.1) is 24.6 Å². The number of carbonyl (C=O) groups is 2. The van der Waals surface area contributed by atoms with E-state index in [1.54, 1.807) is 11.0 Å². The van der Waals surface area contributed by atoms with Gasteiger partial charge in [-0.25, -0.2) is 0 Å². The number of hydrogen-bond donors (Lipinski definition) is 1. The summed E-state index contributed by atoms with van der Waals surface area (Å²) in [5.74, 6) is -2.49. The first kappa shape index (κ1) is 14.9. The van der Waals surface area contributed by atoms with Crippen LogP contribution in [0.3, 0.4) is 0 Å². The number of halogens is 1. The van der Waals surface area contributed by atoms with E-state index < -0.39 is 29.5 Å². The highest BCUT2D eigenvalue weighted by Gasteiger charge is 2.67. The van der Waals surface area contributed by atoms with Crippen molar-refractivity contribution in [2.75, 3.05) is 6.54 Å². The van der Waals surface area contributed by atoms with Crippen LogP contribution in [0.25, 0.3) is 0 Å². The predicted molar refractivity (Wildman–Crippen MR) is 85.6 cm³/mol. The van der Waals surface area contributed by atoms with E-state index in [1.807, 2.05) is 37.3 Å². The summed E-state index contributed by atoms with van der Waals surface area (Å²) in [6.07, 6.45) is 3.19. The van der Waals surface area contributed by atoms with Gasteiger partial charge in [0.2, 0.25) is 5.91 Å². The van der Waals surface area contributed by atoms with Gasteiger partial charge in [-0.15, -0.1) is 0 Å². The van der Waals surface area contributed by atoms with Gasteiger partial charge in [-0.2, -0.15) is 0 Å². The number of carbonyl (C=O) groups excluding carboxylic acids is 1. The van der Waals surface area contributed by atoms with Crippen LogP contribution in [0.4, 0.5) is 0 Å². The van der Waals surface area contributed by atoms with Gasteiger partial charge in [0.25, 0.3) is 0 Å². The molecule has 1 N–H and O–H groups in total. The first-order valence-electron chi connectivity index (χ1n) is 7.59. The summed E-state index contributed by atoms with van der Waals surface area (Å²) >= 11 is 3.40. The molecule has 0 radical (unpaired) electrons. The molecule has 120 valence electrons. The summed E-state index contributed by atoms with van der Waals surface area (Å²) in [4.78, 5) is 26.2. The fourth-order valence-electron chi connectivity index (χ4n) is 4.06. The summed E-state index contributed by atoms with van der Waals surface area (Å²) in [6.45, 7) is 2.37. The number of amides is 1. The number of fused-ring (bicyclic) bond motifs is 1. The van der Waals surface area contributed by atoms with Crippen LogP contribution in [-0.2, 0) is 14.3 Å². The fourth-order valence-corrected chi connectivity index (χ4v) is 4.32. The topological polar surface area (TPSA) is 66.8 Å². The van der Waals surface area contributed by atoms with Gasteiger partial charge in [0.15, 0.2) is 0 Å². The molecule has 6 heteroatoms. The second-order valence-corrected chi connectivity index (χ2v) is 7.35. The van der Waals surface area contributed by atoms with Crippen molar-refractivity contribution in [1.82, 2.24) is 4.90 Å². The molecule has 0 aliphatic carbocycles. The lowest BCUT2D eigenvalue weighted by atomic mass is 9.77. The maximum atomic E-state index is 12.9. The summed E-state index contributed by atoms with van der Waals surface area (Å²) in [5, 5.41) is 9.48. The number of likely N-dealkylation sites (tertiary alicyclic amines) is 1. The largest absolute Gasteiger partial charge is 0.481 e. The Morgan fingerprint density at radius 1 is 1.43 bits per heavy atom. The van der Waals surface area contributed by atoms with Crippen LogP contribution in [-0.4, -0.2) is 40.1 Å². The molecule has 5 nitrogen and oxygen atoms in total. The third kappa shape index (κ3) is 2.01. The van der Waals surface area contributed by atoms with E-state index >= 15 is 0 Å². The van der Waals surface area contributed by atoms with Crippen LogP contribution in [0.1, 0.15) is 18.5 Å². The number of nitrogens with zero attached hydrogens (tertiary/aromatic N) is 1. The maximum Gasteiger partial charge on any atom is 0.310 e. The van der Waals surface area contributed by atoms with Crippen molar-refractivity contribution in [1.29, 1.82) is 0 Å². The Morgan fingerprint density at radius 2 is 2.13 bits per heavy atom. The molecule has 0 unspecified atom stereocenters. The Morgan fingerprint density at radius 3 is 2.78 bits per heavy atom. The monoisotopic (exact) mass is 377 g/mol. The molecule has 1 aromatic carbocycles. The first-order valence-corrected chi connectivity index (χ1v) is 8.38. The van der Waals surface area contributed by atoms with Gasteiger partial charge >= 0.3 is 5.97 Å². The zero-order valence-corrected chi connectivity index (χ0v) is 14.1. The molecule has 2 saturated heterocycles. The average molecular weight is 378 g/mol. The molecule has 23 heavy (non-hydrogen) atoms. The van der Waals surface area contributed by atoms with Gasteiger partial charge in [0, 0.05) is 4.47 Å². The molecular weight excluding hydrogens is 362 g/mol. The number of benzene rings is 1. The van der Waals surface area contributed by atoms with Crippen LogP contribution < -0.4 is 0 Å². The fraction of sp³-hybridized carbons (Fsp3) is 0.412. The van der Waals surface area contributed by atoms with Crippen LogP contribution >= 0.6 is 15.9 Å². The van der Waals surface area contributed by atoms with Gasteiger partial charge < -0.3 is 14.7 Å². The molecule has 3 aliphatic heterocycles. The summed E-state index contributed by atoms with van der Waals surface area (Å²) in [6, 6.07) is 7.69. The highest BCUT2D eigenvalue weighted by molar-refractivity contribution is 9.10. The minimum absolute atomic E-state index is 0.124. The highest BCUT2D eigenvalue weighted by Crippen LogP contribution is 2.53. The molecule has 1 aromatic rings. The lowest BCUT2D eigenvalue weighted by Crippen LogP contribution is -2.39. The molecule has 0 aromatic heterocycles. The molecular formula is C17H16BrNO4. The maximum absolute atomic E-state index is 12.9. The second-order valence-electron chi connectivity index (χ2n) is 6.43. The minimum Gasteiger partial charge on any atom is -0.481 e. The zero-order valence-electron chi connectivity index (χ0n) is 12.5. The SMILES string of the molecule is C[C@@H](c1ccc(Br)cc1)N1C[C@]23C=C[C@@H](O2)[C@H](C(=O)O)[C@@H]3C1=O. The van der Waals surface area contributed by atoms with E-state index in [2.05, 4.69) is 15.9 Å². The summed E-state index contributed by atoms with van der Waals surface area (Å²) in [5.41, 5.74) is 0.248. The second kappa shape index (κ2) is 4.92. The van der Waals surface area contributed by atoms with Gasteiger partial charge in [-0.1, -0.05) is 40.2 Å². The van der Waals surface area contributed by atoms with Crippen molar-refractivity contribution >= 4 is 27.8 Å². The molecule has 0 saturated carbocycles. The molecule has 4 rings (SSSR count). The third-order valence-corrected chi connectivity index (χ3v) is 5.76. The number of rotatable bonds is 3. The van der Waals surface area contributed by atoms with E-state index in [0.717, 1.165) is 10.0 Å². The van der Waals surface area contributed by atoms with E-state index in [4.69, 9.17) is 4.74 Å². The van der Waals surface area contributed by atoms with E-state index in [0.29, 0.717) is 6.54 Å². The number of hydrogen-bond acceptors (Lipinski definition) is 3. The third-order valence-electron chi connectivity index (χ3n) is 5.23. The molecule has 2 bridgehead atoms. The van der Waals surface area contributed by atoms with Crippen molar-refractivity contribution in [3.8, 4) is 0 Å². The van der Waals surface area contributed by atoms with E-state index in [-0.39, 0.29) is 11.9 Å². The number of carboxylic acids is 1. The normalized spacial score (nSPS) is 35.7. The number of aliphatic carboxylic acids is 1. The average Bonchev–Trinajstić information content (AvgIpc) is 3.15. The molecule has 3 heterocycles. The summed E-state index contributed by atoms with van der Waals surface area (Å²) in [7, 11) is 0. The standard InChI is InChI=1S/C17H16BrNO4/c1-9(10-2-4-11(18)5-3-10)19-8-17-7-6-12(23-17)13(16(21)22)14(17)15(19)20/h2-7,9,12-14H,8H2,1H3,(H,21,22)/t9-,12+,13-,14+,17-/m0/s1. The Balaban J connectivity index is 1.66. The summed E-state index contributed by atoms with van der Waals surface area (Å²) < 4.78 is 6.88. The van der Waals surface area contributed by atoms with Crippen molar-refractivity contribution < 1.29 is 19.4 Å². The van der Waals surface area contributed by atoms with Crippen LogP contribution in [0.5, 0.6) is 0 Å². The van der Waals surface area contributed by atoms with E-state index in [9.17, 15) is 14.7 Å². The Labute approximate surface area is 142 Å². The van der Waals surface area contributed by atoms with Crippen LogP contribution in [0.15, 0.2) is 40.9 Å². The molecule has 5 atom stereocenters. The number of carboxylic acid groups (broad SMARTS) is 1. The van der Waals surface area contributed by atoms with Crippen molar-refractivity contribution in [2.24, 2.45) is 11.8 Å². The highest BCUT2D eigenvalue weighted by atomic mass is 79.9. The van der Waals surface area contributed by atoms with Crippen LogP contribution in [0, 0.1) is 11.8 Å². The zero-order chi connectivity index (χ0) is 16.4. The van der Waals surface area contributed by atoms with Crippen molar-refractivity contribution in [2.45, 2.75) is 24.7 Å². The predicted octanol–water partition coefficient (Wildman–Crippen LogP) is 2.38. The molecule has 1 spiro atoms. The minimum atomic E-state index is -0.960. The van der Waals surface area contributed by atoms with Gasteiger partial charge in [0.1, 0.15) is 11.5 Å². The van der Waals surface area contributed by atoms with Crippen molar-refractivity contribution in [3.63, 3.8) is 0 Å². The van der Waals surface area contributed by atoms with E-state index in [1.165, 1.54) is 0 Å². The lowest BCUT2D eigenvalue weighted by molar-refractivity contribution is -0.148. The first-order chi connectivity index (χ1) is 10.9. The number of ether oxygens (including phenoxy) is 1. The van der Waals surface area contributed by atoms with Crippen LogP contribution in [0.2, 0.25) is 0 Å². The van der Waals surface area contributed by atoms with Gasteiger partial charge in [-0.05, 0) is 24.6 Å². The Hall–Kier alpha value is -1.66. The molecule has 3 aliphatic rings. The molecule has 1 amide bonds. The molecule has 2 fully saturated rings. The van der Waals surface area contributed by atoms with Crippen molar-refractivity contribution in [3.05, 3.63) is 46.5 Å². The quantitative estimate of drug-likeness (QED) is 0.821. The lowest BCUT2D eigenvalue weighted by Gasteiger charge is -2.27. The Kier molecular flexibility index (Phi) is 3.19. The Bertz CT molecular complexity index is 716.